The molecule has 0 spiro atoms. The van der Waals surface area contributed by atoms with Crippen molar-refractivity contribution in [2.24, 2.45) is 12.1 Å². The van der Waals surface area contributed by atoms with E-state index >= 15 is 0 Å². The van der Waals surface area contributed by atoms with Gasteiger partial charge >= 0.3 is 0 Å². The first-order chi connectivity index (χ1) is 12.1. The Morgan fingerprint density at radius 1 is 1.28 bits per heavy atom. The average Bonchev–Trinajstić information content (AvgIpc) is 3.13. The highest BCUT2D eigenvalue weighted by molar-refractivity contribution is 6.32. The second-order valence-corrected chi connectivity index (χ2v) is 5.98. The van der Waals surface area contributed by atoms with Crippen molar-refractivity contribution in [1.82, 2.24) is 19.8 Å². The third-order valence-electron chi connectivity index (χ3n) is 3.82. The number of amides is 1. The Labute approximate surface area is 150 Å². The number of nitrogens with zero attached hydrogens (tertiary/aromatic N) is 4. The first kappa shape index (κ1) is 17.0. The van der Waals surface area contributed by atoms with Crippen LogP contribution in [0.1, 0.15) is 17.0 Å². The summed E-state index contributed by atoms with van der Waals surface area (Å²) in [4.78, 5) is 12.0. The fraction of sp³-hybridized carbons (Fsp3) is 0.167. The highest BCUT2D eigenvalue weighted by Gasteiger charge is 2.13. The standard InChI is InChI=1S/C18H18ClN5O/c1-13-16(18(19)24(22-13)14-7-4-3-5-8-14)12-20-21-17(25)11-15-9-6-10-23(15)2/h3-10,12H,11H2,1-2H3,(H,21,25)/b20-12+. The zero-order chi connectivity index (χ0) is 17.8. The van der Waals surface area contributed by atoms with Gasteiger partial charge < -0.3 is 4.57 Å². The Morgan fingerprint density at radius 3 is 2.72 bits per heavy atom. The molecule has 1 amide bonds. The third-order valence-corrected chi connectivity index (χ3v) is 4.19. The number of hydrazone groups is 1. The Morgan fingerprint density at radius 2 is 2.04 bits per heavy atom. The fourth-order valence-corrected chi connectivity index (χ4v) is 2.77. The zero-order valence-electron chi connectivity index (χ0n) is 14.0. The van der Waals surface area contributed by atoms with Crippen molar-refractivity contribution < 1.29 is 4.79 Å². The minimum atomic E-state index is -0.192. The predicted octanol–water partition coefficient (Wildman–Crippen LogP) is 2.87. The van der Waals surface area contributed by atoms with E-state index in [0.29, 0.717) is 10.7 Å². The van der Waals surface area contributed by atoms with Gasteiger partial charge in [0.15, 0.2) is 0 Å². The van der Waals surface area contributed by atoms with Crippen LogP contribution in [0.5, 0.6) is 0 Å². The van der Waals surface area contributed by atoms with Crippen LogP contribution in [0.15, 0.2) is 53.8 Å². The van der Waals surface area contributed by atoms with Crippen LogP contribution in [0, 0.1) is 6.92 Å². The number of hydrogen-bond donors (Lipinski definition) is 1. The van der Waals surface area contributed by atoms with E-state index in [1.54, 1.807) is 4.68 Å². The van der Waals surface area contributed by atoms with E-state index in [9.17, 15) is 4.79 Å². The van der Waals surface area contributed by atoms with Crippen molar-refractivity contribution in [3.05, 3.63) is 70.8 Å². The molecular formula is C18H18ClN5O. The molecule has 2 heterocycles. The molecule has 1 aromatic carbocycles. The minimum absolute atomic E-state index is 0.192. The highest BCUT2D eigenvalue weighted by Crippen LogP contribution is 2.21. The molecule has 0 aliphatic heterocycles. The number of carbonyl (C=O) groups is 1. The van der Waals surface area contributed by atoms with Gasteiger partial charge in [-0.15, -0.1) is 0 Å². The van der Waals surface area contributed by atoms with E-state index in [1.165, 1.54) is 6.21 Å². The van der Waals surface area contributed by atoms with Gasteiger partial charge in [-0.2, -0.15) is 10.2 Å². The first-order valence-electron chi connectivity index (χ1n) is 7.79. The van der Waals surface area contributed by atoms with Crippen LogP contribution in [0.3, 0.4) is 0 Å². The normalized spacial score (nSPS) is 11.2. The molecule has 7 heteroatoms. The van der Waals surface area contributed by atoms with E-state index in [1.807, 2.05) is 67.2 Å². The molecule has 25 heavy (non-hydrogen) atoms. The maximum absolute atomic E-state index is 12.0. The van der Waals surface area contributed by atoms with Gasteiger partial charge in [0.05, 0.1) is 29.6 Å². The molecule has 3 rings (SSSR count). The summed E-state index contributed by atoms with van der Waals surface area (Å²) in [5, 5.41) is 8.89. The van der Waals surface area contributed by atoms with Gasteiger partial charge in [0.1, 0.15) is 5.15 Å². The fourth-order valence-electron chi connectivity index (χ4n) is 2.45. The summed E-state index contributed by atoms with van der Waals surface area (Å²) in [5.41, 5.74) is 5.70. The van der Waals surface area contributed by atoms with E-state index in [-0.39, 0.29) is 12.3 Å². The van der Waals surface area contributed by atoms with Crippen LogP contribution >= 0.6 is 11.6 Å². The van der Waals surface area contributed by atoms with Gasteiger partial charge in [0.2, 0.25) is 5.91 Å². The SMILES string of the molecule is Cc1nn(-c2ccccc2)c(Cl)c1/C=N/NC(=O)Cc1cccn1C. The van der Waals surface area contributed by atoms with Crippen LogP contribution in [-0.2, 0) is 18.3 Å². The van der Waals surface area contributed by atoms with Gasteiger partial charge in [-0.3, -0.25) is 4.79 Å². The van der Waals surface area contributed by atoms with E-state index in [0.717, 1.165) is 17.1 Å². The average molecular weight is 356 g/mol. The number of benzene rings is 1. The smallest absolute Gasteiger partial charge is 0.245 e. The van der Waals surface area contributed by atoms with E-state index in [4.69, 9.17) is 11.6 Å². The number of nitrogens with one attached hydrogen (secondary N) is 1. The second kappa shape index (κ2) is 7.36. The maximum Gasteiger partial charge on any atom is 0.245 e. The van der Waals surface area contributed by atoms with Gasteiger partial charge in [-0.25, -0.2) is 10.1 Å². The van der Waals surface area contributed by atoms with Crippen molar-refractivity contribution >= 4 is 23.7 Å². The Hall–Kier alpha value is -2.86. The molecule has 3 aromatic rings. The number of para-hydroxylation sites is 1. The first-order valence-corrected chi connectivity index (χ1v) is 8.16. The molecule has 0 aliphatic rings. The maximum atomic E-state index is 12.0. The molecular weight excluding hydrogens is 338 g/mol. The molecule has 6 nitrogen and oxygen atoms in total. The minimum Gasteiger partial charge on any atom is -0.354 e. The van der Waals surface area contributed by atoms with Crippen LogP contribution < -0.4 is 5.43 Å². The topological polar surface area (TPSA) is 64.2 Å². The molecule has 0 saturated heterocycles. The molecule has 2 aromatic heterocycles. The lowest BCUT2D eigenvalue weighted by atomic mass is 10.3. The summed E-state index contributed by atoms with van der Waals surface area (Å²) in [7, 11) is 1.90. The number of aromatic nitrogens is 3. The quantitative estimate of drug-likeness (QED) is 0.565. The molecule has 0 atom stereocenters. The molecule has 0 saturated carbocycles. The van der Waals surface area contributed by atoms with Crippen molar-refractivity contribution in [1.29, 1.82) is 0 Å². The van der Waals surface area contributed by atoms with Gasteiger partial charge in [-0.1, -0.05) is 29.8 Å². The summed E-state index contributed by atoms with van der Waals surface area (Å²) in [6.45, 7) is 1.85. The number of rotatable bonds is 5. The predicted molar refractivity (Wildman–Crippen MR) is 98.2 cm³/mol. The van der Waals surface area contributed by atoms with Gasteiger partial charge in [0, 0.05) is 18.9 Å². The molecule has 0 unspecified atom stereocenters. The Bertz CT molecular complexity index is 911. The van der Waals surface area contributed by atoms with E-state index < -0.39 is 0 Å². The summed E-state index contributed by atoms with van der Waals surface area (Å²) < 4.78 is 3.54. The lowest BCUT2D eigenvalue weighted by Gasteiger charge is -2.02. The highest BCUT2D eigenvalue weighted by atomic mass is 35.5. The van der Waals surface area contributed by atoms with Gasteiger partial charge in [-0.05, 0) is 31.2 Å². The van der Waals surface area contributed by atoms with Crippen molar-refractivity contribution in [2.75, 3.05) is 0 Å². The lowest BCUT2D eigenvalue weighted by molar-refractivity contribution is -0.120. The molecule has 128 valence electrons. The molecule has 0 radical (unpaired) electrons. The van der Waals surface area contributed by atoms with E-state index in [2.05, 4.69) is 15.6 Å². The Kier molecular flexibility index (Phi) is 5.00. The number of aryl methyl sites for hydroxylation is 2. The molecule has 1 N–H and O–H groups in total. The largest absolute Gasteiger partial charge is 0.354 e. The second-order valence-electron chi connectivity index (χ2n) is 5.62. The van der Waals surface area contributed by atoms with Gasteiger partial charge in [0.25, 0.3) is 0 Å². The number of hydrogen-bond acceptors (Lipinski definition) is 3. The monoisotopic (exact) mass is 355 g/mol. The van der Waals surface area contributed by atoms with Crippen LogP contribution in [-0.4, -0.2) is 26.5 Å². The van der Waals surface area contributed by atoms with Crippen LogP contribution in [0.4, 0.5) is 0 Å². The number of carbonyl (C=O) groups excluding carboxylic acids is 1. The molecule has 0 bridgehead atoms. The number of halogens is 1. The Balaban J connectivity index is 1.70. The summed E-state index contributed by atoms with van der Waals surface area (Å²) >= 11 is 6.41. The van der Waals surface area contributed by atoms with Crippen molar-refractivity contribution in [3.8, 4) is 5.69 Å². The summed E-state index contributed by atoms with van der Waals surface area (Å²) in [6, 6.07) is 13.4. The lowest BCUT2D eigenvalue weighted by Crippen LogP contribution is -2.20. The van der Waals surface area contributed by atoms with Crippen LogP contribution in [0.25, 0.3) is 5.69 Å². The molecule has 0 fully saturated rings. The summed E-state index contributed by atoms with van der Waals surface area (Å²) in [6.07, 6.45) is 3.68. The van der Waals surface area contributed by atoms with Crippen LogP contribution in [0.2, 0.25) is 5.15 Å². The zero-order valence-corrected chi connectivity index (χ0v) is 14.7. The molecule has 0 aliphatic carbocycles. The van der Waals surface area contributed by atoms with Crippen molar-refractivity contribution in [2.45, 2.75) is 13.3 Å². The third kappa shape index (κ3) is 3.80. The summed E-state index contributed by atoms with van der Waals surface area (Å²) in [5.74, 6) is -0.192. The van der Waals surface area contributed by atoms with Crippen molar-refractivity contribution in [3.63, 3.8) is 0 Å².